The third-order valence-corrected chi connectivity index (χ3v) is 6.55. The molecule has 4 bridgehead atoms. The van der Waals surface area contributed by atoms with Gasteiger partial charge in [-0.3, -0.25) is 0 Å². The van der Waals surface area contributed by atoms with Crippen LogP contribution in [-0.4, -0.2) is 12.6 Å². The molecular formula is C17H27N. The summed E-state index contributed by atoms with van der Waals surface area (Å²) >= 11 is 0. The van der Waals surface area contributed by atoms with E-state index >= 15 is 0 Å². The monoisotopic (exact) mass is 245 g/mol. The SMILES string of the molecule is CC(NCC1CC2C=CC1C2)C1CC2CCC1C2. The second kappa shape index (κ2) is 4.37. The number of hydrogen-bond acceptors (Lipinski definition) is 1. The van der Waals surface area contributed by atoms with Gasteiger partial charge >= 0.3 is 0 Å². The van der Waals surface area contributed by atoms with Crippen molar-refractivity contribution in [2.45, 2.75) is 51.5 Å². The molecule has 0 aromatic heterocycles. The fourth-order valence-corrected chi connectivity index (χ4v) is 5.52. The van der Waals surface area contributed by atoms with Gasteiger partial charge in [-0.1, -0.05) is 18.6 Å². The highest BCUT2D eigenvalue weighted by Crippen LogP contribution is 2.49. The lowest BCUT2D eigenvalue weighted by molar-refractivity contribution is 0.247. The molecule has 1 nitrogen and oxygen atoms in total. The van der Waals surface area contributed by atoms with Gasteiger partial charge in [0.1, 0.15) is 0 Å². The van der Waals surface area contributed by atoms with Gasteiger partial charge in [-0.2, -0.15) is 0 Å². The second-order valence-corrected chi connectivity index (χ2v) is 7.58. The molecule has 0 heterocycles. The molecule has 0 aromatic carbocycles. The van der Waals surface area contributed by atoms with Crippen molar-refractivity contribution in [3.05, 3.63) is 12.2 Å². The van der Waals surface area contributed by atoms with Crippen LogP contribution in [0.4, 0.5) is 0 Å². The average Bonchev–Trinajstić information content (AvgIpc) is 3.13. The van der Waals surface area contributed by atoms with Gasteiger partial charge in [0.05, 0.1) is 0 Å². The molecule has 0 radical (unpaired) electrons. The van der Waals surface area contributed by atoms with Gasteiger partial charge in [0.25, 0.3) is 0 Å². The van der Waals surface area contributed by atoms with Crippen molar-refractivity contribution < 1.29 is 0 Å². The summed E-state index contributed by atoms with van der Waals surface area (Å²) in [6, 6.07) is 0.767. The van der Waals surface area contributed by atoms with Gasteiger partial charge in [0, 0.05) is 6.04 Å². The predicted octanol–water partition coefficient (Wildman–Crippen LogP) is 3.61. The van der Waals surface area contributed by atoms with E-state index in [0.717, 1.165) is 41.5 Å². The molecule has 3 saturated carbocycles. The molecule has 0 spiro atoms. The van der Waals surface area contributed by atoms with Gasteiger partial charge in [-0.15, -0.1) is 0 Å². The molecular weight excluding hydrogens is 218 g/mol. The van der Waals surface area contributed by atoms with Gasteiger partial charge in [-0.05, 0) is 81.1 Å². The standard InChI is InChI=1S/C17H27N/c1-11(17-9-13-3-5-15(17)7-13)18-10-16-8-12-2-4-14(16)6-12/h2,4,11-18H,3,5-10H2,1H3. The summed E-state index contributed by atoms with van der Waals surface area (Å²) in [5.74, 6) is 5.94. The summed E-state index contributed by atoms with van der Waals surface area (Å²) in [6.45, 7) is 3.73. The van der Waals surface area contributed by atoms with Crippen LogP contribution in [0.5, 0.6) is 0 Å². The molecule has 7 unspecified atom stereocenters. The first-order valence-electron chi connectivity index (χ1n) is 8.21. The van der Waals surface area contributed by atoms with Crippen molar-refractivity contribution in [2.75, 3.05) is 6.54 Å². The normalized spacial score (nSPS) is 50.3. The molecule has 0 amide bonds. The van der Waals surface area contributed by atoms with Crippen molar-refractivity contribution in [1.29, 1.82) is 0 Å². The Morgan fingerprint density at radius 3 is 2.67 bits per heavy atom. The predicted molar refractivity (Wildman–Crippen MR) is 75.2 cm³/mol. The molecule has 1 heteroatoms. The Hall–Kier alpha value is -0.300. The Morgan fingerprint density at radius 1 is 1.11 bits per heavy atom. The maximum Gasteiger partial charge on any atom is 0.00698 e. The highest BCUT2D eigenvalue weighted by atomic mass is 14.9. The maximum atomic E-state index is 3.90. The van der Waals surface area contributed by atoms with E-state index in [0.29, 0.717) is 0 Å². The lowest BCUT2D eigenvalue weighted by Gasteiger charge is -2.30. The summed E-state index contributed by atoms with van der Waals surface area (Å²) < 4.78 is 0. The zero-order chi connectivity index (χ0) is 12.1. The van der Waals surface area contributed by atoms with Crippen LogP contribution in [0.15, 0.2) is 12.2 Å². The first-order chi connectivity index (χ1) is 8.79. The lowest BCUT2D eigenvalue weighted by Crippen LogP contribution is -2.39. The topological polar surface area (TPSA) is 12.0 Å². The minimum absolute atomic E-state index is 0.767. The zero-order valence-electron chi connectivity index (χ0n) is 11.6. The first kappa shape index (κ1) is 11.5. The number of nitrogens with one attached hydrogen (secondary N) is 1. The van der Waals surface area contributed by atoms with Crippen molar-refractivity contribution in [2.24, 2.45) is 35.5 Å². The van der Waals surface area contributed by atoms with Crippen molar-refractivity contribution in [3.63, 3.8) is 0 Å². The van der Waals surface area contributed by atoms with E-state index in [1.54, 1.807) is 6.42 Å². The molecule has 4 aliphatic carbocycles. The highest BCUT2D eigenvalue weighted by Gasteiger charge is 2.42. The molecule has 7 atom stereocenters. The van der Waals surface area contributed by atoms with E-state index in [1.165, 1.54) is 38.6 Å². The molecule has 1 N–H and O–H groups in total. The summed E-state index contributed by atoms with van der Waals surface area (Å²) in [5, 5.41) is 3.90. The number of rotatable bonds is 4. The molecule has 100 valence electrons. The van der Waals surface area contributed by atoms with E-state index in [9.17, 15) is 0 Å². The van der Waals surface area contributed by atoms with Crippen LogP contribution in [0.3, 0.4) is 0 Å². The molecule has 0 aliphatic heterocycles. The smallest absolute Gasteiger partial charge is 0.00698 e. The van der Waals surface area contributed by atoms with E-state index in [-0.39, 0.29) is 0 Å². The third-order valence-electron chi connectivity index (χ3n) is 6.55. The Morgan fingerprint density at radius 2 is 2.06 bits per heavy atom. The summed E-state index contributed by atoms with van der Waals surface area (Å²) in [7, 11) is 0. The Balaban J connectivity index is 1.29. The minimum atomic E-state index is 0.767. The molecule has 3 fully saturated rings. The van der Waals surface area contributed by atoms with Gasteiger partial charge in [0.2, 0.25) is 0 Å². The Bertz CT molecular complexity index is 348. The Labute approximate surface area is 111 Å². The molecule has 4 rings (SSSR count). The summed E-state index contributed by atoms with van der Waals surface area (Å²) in [5.41, 5.74) is 0. The van der Waals surface area contributed by atoms with Crippen LogP contribution in [0.2, 0.25) is 0 Å². The second-order valence-electron chi connectivity index (χ2n) is 7.58. The third kappa shape index (κ3) is 1.86. The average molecular weight is 245 g/mol. The van der Waals surface area contributed by atoms with Crippen LogP contribution >= 0.6 is 0 Å². The van der Waals surface area contributed by atoms with Gasteiger partial charge < -0.3 is 5.32 Å². The van der Waals surface area contributed by atoms with Crippen LogP contribution in [-0.2, 0) is 0 Å². The highest BCUT2D eigenvalue weighted by molar-refractivity contribution is 5.10. The number of allylic oxidation sites excluding steroid dienone is 2. The van der Waals surface area contributed by atoms with E-state index in [2.05, 4.69) is 24.4 Å². The van der Waals surface area contributed by atoms with Crippen molar-refractivity contribution in [1.82, 2.24) is 5.32 Å². The maximum absolute atomic E-state index is 3.90. The largest absolute Gasteiger partial charge is 0.314 e. The quantitative estimate of drug-likeness (QED) is 0.746. The first-order valence-corrected chi connectivity index (χ1v) is 8.21. The number of hydrogen-bond donors (Lipinski definition) is 1. The van der Waals surface area contributed by atoms with Crippen LogP contribution in [0.1, 0.15) is 45.4 Å². The fraction of sp³-hybridized carbons (Fsp3) is 0.882. The lowest BCUT2D eigenvalue weighted by atomic mass is 9.83. The molecule has 4 aliphatic rings. The van der Waals surface area contributed by atoms with Crippen LogP contribution in [0.25, 0.3) is 0 Å². The van der Waals surface area contributed by atoms with E-state index in [1.807, 2.05) is 0 Å². The van der Waals surface area contributed by atoms with Crippen molar-refractivity contribution in [3.8, 4) is 0 Å². The van der Waals surface area contributed by atoms with E-state index < -0.39 is 0 Å². The fourth-order valence-electron chi connectivity index (χ4n) is 5.52. The minimum Gasteiger partial charge on any atom is -0.314 e. The van der Waals surface area contributed by atoms with Gasteiger partial charge in [-0.25, -0.2) is 0 Å². The molecule has 18 heavy (non-hydrogen) atoms. The van der Waals surface area contributed by atoms with Crippen LogP contribution < -0.4 is 5.32 Å². The Kier molecular flexibility index (Phi) is 2.80. The molecule has 0 aromatic rings. The zero-order valence-corrected chi connectivity index (χ0v) is 11.6. The van der Waals surface area contributed by atoms with Gasteiger partial charge in [0.15, 0.2) is 0 Å². The van der Waals surface area contributed by atoms with Crippen molar-refractivity contribution >= 4 is 0 Å². The summed E-state index contributed by atoms with van der Waals surface area (Å²) in [4.78, 5) is 0. The summed E-state index contributed by atoms with van der Waals surface area (Å²) in [6.07, 6.45) is 14.0. The molecule has 0 saturated heterocycles. The van der Waals surface area contributed by atoms with E-state index in [4.69, 9.17) is 0 Å². The number of fused-ring (bicyclic) bond motifs is 4. The van der Waals surface area contributed by atoms with Crippen LogP contribution in [0, 0.1) is 35.5 Å².